The molecule has 0 aromatic carbocycles. The van der Waals surface area contributed by atoms with Crippen molar-refractivity contribution < 1.29 is 4.74 Å². The van der Waals surface area contributed by atoms with E-state index in [1.54, 1.807) is 0 Å². The van der Waals surface area contributed by atoms with Gasteiger partial charge in [0, 0.05) is 0 Å². The summed E-state index contributed by atoms with van der Waals surface area (Å²) in [5, 5.41) is 0. The first-order chi connectivity index (χ1) is 6.25. The molecule has 0 amide bonds. The SMILES string of the molecule is ClC1OC12CCC1(CCCC1)CC2. The third kappa shape index (κ3) is 1.24. The number of rotatable bonds is 0. The van der Waals surface area contributed by atoms with Crippen LogP contribution in [0.5, 0.6) is 0 Å². The molecule has 1 aliphatic heterocycles. The summed E-state index contributed by atoms with van der Waals surface area (Å²) in [5.74, 6) is 0. The van der Waals surface area contributed by atoms with Gasteiger partial charge < -0.3 is 4.74 Å². The van der Waals surface area contributed by atoms with Crippen molar-refractivity contribution in [3.05, 3.63) is 0 Å². The zero-order chi connectivity index (χ0) is 8.94. The average molecular weight is 201 g/mol. The standard InChI is InChI=1S/C11H17ClO/c12-9-11(13-9)7-5-10(6-8-11)3-1-2-4-10/h9H,1-8H2. The Morgan fingerprint density at radius 3 is 1.92 bits per heavy atom. The molecule has 2 heteroatoms. The van der Waals surface area contributed by atoms with Gasteiger partial charge in [-0.2, -0.15) is 0 Å². The Labute approximate surface area is 84.8 Å². The van der Waals surface area contributed by atoms with Crippen LogP contribution in [0, 0.1) is 5.41 Å². The molecule has 2 saturated carbocycles. The highest BCUT2D eigenvalue weighted by Crippen LogP contribution is 2.58. The van der Waals surface area contributed by atoms with E-state index in [-0.39, 0.29) is 11.2 Å². The van der Waals surface area contributed by atoms with Crippen molar-refractivity contribution in [1.29, 1.82) is 0 Å². The van der Waals surface area contributed by atoms with Crippen LogP contribution in [0.25, 0.3) is 0 Å². The highest BCUT2D eigenvalue weighted by Gasteiger charge is 2.58. The van der Waals surface area contributed by atoms with Crippen LogP contribution in [-0.2, 0) is 4.74 Å². The minimum atomic E-state index is 0.0475. The molecule has 3 fully saturated rings. The molecule has 1 saturated heterocycles. The van der Waals surface area contributed by atoms with Gasteiger partial charge in [-0.1, -0.05) is 24.4 Å². The van der Waals surface area contributed by atoms with E-state index in [0.29, 0.717) is 5.41 Å². The highest BCUT2D eigenvalue weighted by atomic mass is 35.5. The zero-order valence-electron chi connectivity index (χ0n) is 8.02. The molecular weight excluding hydrogens is 184 g/mol. The fourth-order valence-electron chi connectivity index (χ4n) is 3.35. The molecule has 74 valence electrons. The van der Waals surface area contributed by atoms with Gasteiger partial charge in [0.15, 0.2) is 5.56 Å². The van der Waals surface area contributed by atoms with Crippen LogP contribution in [0.15, 0.2) is 0 Å². The fourth-order valence-corrected chi connectivity index (χ4v) is 3.74. The zero-order valence-corrected chi connectivity index (χ0v) is 8.78. The van der Waals surface area contributed by atoms with Crippen LogP contribution in [-0.4, -0.2) is 11.2 Å². The monoisotopic (exact) mass is 200 g/mol. The summed E-state index contributed by atoms with van der Waals surface area (Å²) in [6.45, 7) is 0. The van der Waals surface area contributed by atoms with Crippen molar-refractivity contribution in [2.45, 2.75) is 62.5 Å². The molecule has 2 aliphatic carbocycles. The second kappa shape index (κ2) is 2.64. The second-order valence-corrected chi connectivity index (χ2v) is 5.60. The molecule has 0 N–H and O–H groups in total. The Balaban J connectivity index is 1.67. The normalized spacial score (nSPS) is 39.9. The number of alkyl halides is 1. The molecule has 1 nitrogen and oxygen atoms in total. The molecule has 0 aromatic heterocycles. The van der Waals surface area contributed by atoms with Gasteiger partial charge in [0.25, 0.3) is 0 Å². The first-order valence-corrected chi connectivity index (χ1v) is 6.00. The van der Waals surface area contributed by atoms with Gasteiger partial charge in [-0.15, -0.1) is 0 Å². The van der Waals surface area contributed by atoms with E-state index < -0.39 is 0 Å². The van der Waals surface area contributed by atoms with Gasteiger partial charge in [-0.05, 0) is 43.9 Å². The van der Waals surface area contributed by atoms with E-state index in [1.807, 2.05) is 0 Å². The van der Waals surface area contributed by atoms with E-state index in [2.05, 4.69) is 0 Å². The smallest absolute Gasteiger partial charge is 0.160 e. The Hall–Kier alpha value is 0.250. The lowest BCUT2D eigenvalue weighted by Gasteiger charge is -2.36. The van der Waals surface area contributed by atoms with E-state index in [4.69, 9.17) is 16.3 Å². The molecular formula is C11H17ClO. The molecule has 0 radical (unpaired) electrons. The van der Waals surface area contributed by atoms with Gasteiger partial charge >= 0.3 is 0 Å². The van der Waals surface area contributed by atoms with Crippen LogP contribution in [0.2, 0.25) is 0 Å². The first kappa shape index (κ1) is 8.55. The fraction of sp³-hybridized carbons (Fsp3) is 1.00. The number of hydrogen-bond acceptors (Lipinski definition) is 1. The molecule has 0 bridgehead atoms. The second-order valence-electron chi connectivity index (χ2n) is 5.21. The van der Waals surface area contributed by atoms with Gasteiger partial charge in [-0.3, -0.25) is 0 Å². The molecule has 1 unspecified atom stereocenters. The Morgan fingerprint density at radius 1 is 0.923 bits per heavy atom. The number of ether oxygens (including phenoxy) is 1. The number of hydrogen-bond donors (Lipinski definition) is 0. The summed E-state index contributed by atoms with van der Waals surface area (Å²) < 4.78 is 5.51. The van der Waals surface area contributed by atoms with Crippen LogP contribution in [0.1, 0.15) is 51.4 Å². The predicted octanol–water partition coefficient (Wildman–Crippen LogP) is 3.45. The summed E-state index contributed by atoms with van der Waals surface area (Å²) in [6, 6.07) is 0. The number of epoxide rings is 1. The molecule has 1 heterocycles. The first-order valence-electron chi connectivity index (χ1n) is 5.57. The molecule has 13 heavy (non-hydrogen) atoms. The van der Waals surface area contributed by atoms with Crippen LogP contribution >= 0.6 is 11.6 Å². The van der Waals surface area contributed by atoms with Crippen LogP contribution in [0.3, 0.4) is 0 Å². The number of halogens is 1. The maximum Gasteiger partial charge on any atom is 0.160 e. The van der Waals surface area contributed by atoms with Crippen LogP contribution < -0.4 is 0 Å². The third-order valence-corrected chi connectivity index (χ3v) is 5.00. The summed E-state index contributed by atoms with van der Waals surface area (Å²) in [7, 11) is 0. The Kier molecular flexibility index (Phi) is 1.73. The van der Waals surface area contributed by atoms with Crippen LogP contribution in [0.4, 0.5) is 0 Å². The summed E-state index contributed by atoms with van der Waals surface area (Å²) in [6.07, 6.45) is 11.0. The van der Waals surface area contributed by atoms with E-state index in [1.165, 1.54) is 51.4 Å². The lowest BCUT2D eigenvalue weighted by Crippen LogP contribution is -2.30. The maximum atomic E-state index is 5.99. The molecule has 1 atom stereocenters. The minimum Gasteiger partial charge on any atom is -0.349 e. The summed E-state index contributed by atoms with van der Waals surface area (Å²) in [5.41, 5.74) is 0.898. The molecule has 2 spiro atoms. The van der Waals surface area contributed by atoms with Crippen molar-refractivity contribution >= 4 is 11.6 Å². The van der Waals surface area contributed by atoms with Crippen molar-refractivity contribution in [2.75, 3.05) is 0 Å². The Morgan fingerprint density at radius 2 is 1.46 bits per heavy atom. The lowest BCUT2D eigenvalue weighted by molar-refractivity contribution is 0.123. The predicted molar refractivity (Wildman–Crippen MR) is 52.8 cm³/mol. The maximum absolute atomic E-state index is 5.99. The Bertz CT molecular complexity index is 210. The van der Waals surface area contributed by atoms with Crippen molar-refractivity contribution in [3.8, 4) is 0 Å². The minimum absolute atomic E-state index is 0.0475. The van der Waals surface area contributed by atoms with Crippen molar-refractivity contribution in [3.63, 3.8) is 0 Å². The largest absolute Gasteiger partial charge is 0.349 e. The van der Waals surface area contributed by atoms with Gasteiger partial charge in [0.1, 0.15) is 5.60 Å². The van der Waals surface area contributed by atoms with E-state index >= 15 is 0 Å². The summed E-state index contributed by atoms with van der Waals surface area (Å²) in [4.78, 5) is 0. The lowest BCUT2D eigenvalue weighted by atomic mass is 9.69. The van der Waals surface area contributed by atoms with Gasteiger partial charge in [0.05, 0.1) is 0 Å². The molecule has 0 aromatic rings. The quantitative estimate of drug-likeness (QED) is 0.431. The van der Waals surface area contributed by atoms with Crippen molar-refractivity contribution in [1.82, 2.24) is 0 Å². The average Bonchev–Trinajstić information content (AvgIpc) is 2.61. The summed E-state index contributed by atoms with van der Waals surface area (Å²) >= 11 is 5.99. The van der Waals surface area contributed by atoms with Gasteiger partial charge in [-0.25, -0.2) is 0 Å². The topological polar surface area (TPSA) is 12.5 Å². The highest BCUT2D eigenvalue weighted by molar-refractivity contribution is 6.22. The van der Waals surface area contributed by atoms with E-state index in [9.17, 15) is 0 Å². The third-order valence-electron chi connectivity index (χ3n) is 4.52. The van der Waals surface area contributed by atoms with Crippen molar-refractivity contribution in [2.24, 2.45) is 5.41 Å². The molecule has 3 rings (SSSR count). The molecule has 3 aliphatic rings. The van der Waals surface area contributed by atoms with E-state index in [0.717, 1.165) is 0 Å². The van der Waals surface area contributed by atoms with Gasteiger partial charge in [0.2, 0.25) is 0 Å².